The Balaban J connectivity index is 1.89. The lowest BCUT2D eigenvalue weighted by Crippen LogP contribution is -2.24. The summed E-state index contributed by atoms with van der Waals surface area (Å²) < 4.78 is 9.72. The molecule has 1 N–H and O–H groups in total. The van der Waals surface area contributed by atoms with E-state index in [1.165, 1.54) is 25.5 Å². The molecule has 2 rings (SSSR count). The predicted molar refractivity (Wildman–Crippen MR) is 97.1 cm³/mol. The number of benzene rings is 2. The van der Waals surface area contributed by atoms with Crippen molar-refractivity contribution in [2.24, 2.45) is 5.10 Å². The fraction of sp³-hybridized carbons (Fsp3) is 0.118. The molecule has 0 aromatic heterocycles. The summed E-state index contributed by atoms with van der Waals surface area (Å²) in [6.45, 7) is -0.471. The van der Waals surface area contributed by atoms with Crippen LogP contribution in [0.15, 0.2) is 47.6 Å². The normalized spacial score (nSPS) is 10.4. The third-order valence-electron chi connectivity index (χ3n) is 3.21. The summed E-state index contributed by atoms with van der Waals surface area (Å²) in [6.07, 6.45) is 1.36. The number of amides is 1. The van der Waals surface area contributed by atoms with Gasteiger partial charge < -0.3 is 9.47 Å². The van der Waals surface area contributed by atoms with Gasteiger partial charge in [0.25, 0.3) is 5.91 Å². The minimum Gasteiger partial charge on any atom is -0.477 e. The Morgan fingerprint density at radius 3 is 2.59 bits per heavy atom. The number of hydrogen-bond donors (Lipinski definition) is 1. The zero-order chi connectivity index (χ0) is 19.8. The first-order chi connectivity index (χ1) is 12.9. The molecule has 0 atom stereocenters. The van der Waals surface area contributed by atoms with E-state index in [-0.39, 0.29) is 16.5 Å². The molecule has 0 spiro atoms. The number of halogens is 1. The molecule has 2 aromatic rings. The molecule has 10 heteroatoms. The van der Waals surface area contributed by atoms with Crippen molar-refractivity contribution in [1.29, 1.82) is 0 Å². The maximum absolute atomic E-state index is 11.7. The molecule has 0 unspecified atom stereocenters. The molecule has 140 valence electrons. The molecular weight excluding hydrogens is 378 g/mol. The van der Waals surface area contributed by atoms with Crippen LogP contribution in [-0.2, 0) is 9.53 Å². The van der Waals surface area contributed by atoms with Crippen LogP contribution in [0.5, 0.6) is 5.75 Å². The SMILES string of the molecule is COC(=O)c1ccc(C=NNC(=O)COc2ccc(Cl)cc2[N+](=O)[O-])cc1. The van der Waals surface area contributed by atoms with Gasteiger partial charge in [0.15, 0.2) is 12.4 Å². The highest BCUT2D eigenvalue weighted by Gasteiger charge is 2.16. The second-order valence-electron chi connectivity index (χ2n) is 5.06. The molecule has 0 aliphatic carbocycles. The Kier molecular flexibility index (Phi) is 6.84. The quantitative estimate of drug-likeness (QED) is 0.335. The third kappa shape index (κ3) is 5.79. The summed E-state index contributed by atoms with van der Waals surface area (Å²) in [6, 6.07) is 10.2. The van der Waals surface area contributed by atoms with Gasteiger partial charge in [-0.1, -0.05) is 23.7 Å². The molecular formula is C17H14ClN3O6. The first-order valence-corrected chi connectivity index (χ1v) is 7.85. The van der Waals surface area contributed by atoms with E-state index in [9.17, 15) is 19.7 Å². The molecule has 0 saturated heterocycles. The van der Waals surface area contributed by atoms with Crippen LogP contribution >= 0.6 is 11.6 Å². The van der Waals surface area contributed by atoms with Gasteiger partial charge in [-0.25, -0.2) is 10.2 Å². The Morgan fingerprint density at radius 1 is 1.26 bits per heavy atom. The molecule has 0 aliphatic rings. The predicted octanol–water partition coefficient (Wildman–Crippen LogP) is 2.56. The van der Waals surface area contributed by atoms with Crippen molar-refractivity contribution < 1.29 is 24.0 Å². The van der Waals surface area contributed by atoms with Crippen molar-refractivity contribution in [3.8, 4) is 5.75 Å². The Morgan fingerprint density at radius 2 is 1.96 bits per heavy atom. The lowest BCUT2D eigenvalue weighted by Gasteiger charge is -2.06. The molecule has 0 heterocycles. The van der Waals surface area contributed by atoms with Crippen molar-refractivity contribution >= 4 is 35.4 Å². The summed E-state index contributed by atoms with van der Waals surface area (Å²) >= 11 is 5.70. The fourth-order valence-electron chi connectivity index (χ4n) is 1.93. The first-order valence-electron chi connectivity index (χ1n) is 7.47. The van der Waals surface area contributed by atoms with Gasteiger partial charge in [0.1, 0.15) is 0 Å². The summed E-state index contributed by atoms with van der Waals surface area (Å²) in [5, 5.41) is 14.9. The topological polar surface area (TPSA) is 120 Å². The van der Waals surface area contributed by atoms with Crippen molar-refractivity contribution in [2.75, 3.05) is 13.7 Å². The third-order valence-corrected chi connectivity index (χ3v) is 3.45. The Hall–Kier alpha value is -3.46. The average molecular weight is 392 g/mol. The lowest BCUT2D eigenvalue weighted by molar-refractivity contribution is -0.385. The van der Waals surface area contributed by atoms with E-state index in [1.54, 1.807) is 24.3 Å². The fourth-order valence-corrected chi connectivity index (χ4v) is 2.10. The Labute approximate surface area is 158 Å². The largest absolute Gasteiger partial charge is 0.477 e. The molecule has 9 nitrogen and oxygen atoms in total. The van der Waals surface area contributed by atoms with E-state index in [1.807, 2.05) is 0 Å². The second-order valence-corrected chi connectivity index (χ2v) is 5.50. The minimum absolute atomic E-state index is 0.0815. The molecule has 1 amide bonds. The number of nitrogens with zero attached hydrogens (tertiary/aromatic N) is 2. The number of carbonyl (C=O) groups excluding carboxylic acids is 2. The van der Waals surface area contributed by atoms with Crippen LogP contribution in [0, 0.1) is 10.1 Å². The van der Waals surface area contributed by atoms with Crippen molar-refractivity contribution in [3.63, 3.8) is 0 Å². The number of hydrogen-bond acceptors (Lipinski definition) is 7. The van der Waals surface area contributed by atoms with E-state index < -0.39 is 23.4 Å². The molecule has 0 radical (unpaired) electrons. The number of esters is 1. The van der Waals surface area contributed by atoms with Crippen LogP contribution in [0.4, 0.5) is 5.69 Å². The molecule has 0 fully saturated rings. The van der Waals surface area contributed by atoms with E-state index in [4.69, 9.17) is 16.3 Å². The van der Waals surface area contributed by atoms with Crippen molar-refractivity contribution in [1.82, 2.24) is 5.43 Å². The number of methoxy groups -OCH3 is 1. The number of nitro groups is 1. The van der Waals surface area contributed by atoms with Gasteiger partial charge in [-0.05, 0) is 29.8 Å². The summed E-state index contributed by atoms with van der Waals surface area (Å²) in [4.78, 5) is 33.3. The van der Waals surface area contributed by atoms with E-state index >= 15 is 0 Å². The molecule has 27 heavy (non-hydrogen) atoms. The number of rotatable bonds is 7. The van der Waals surface area contributed by atoms with Gasteiger partial charge in [0.05, 0.1) is 23.8 Å². The van der Waals surface area contributed by atoms with Crippen LogP contribution in [0.25, 0.3) is 0 Å². The highest BCUT2D eigenvalue weighted by Crippen LogP contribution is 2.29. The minimum atomic E-state index is -0.657. The van der Waals surface area contributed by atoms with Crippen molar-refractivity contribution in [2.45, 2.75) is 0 Å². The lowest BCUT2D eigenvalue weighted by atomic mass is 10.1. The zero-order valence-corrected chi connectivity index (χ0v) is 14.8. The second kappa shape index (κ2) is 9.30. The van der Waals surface area contributed by atoms with Gasteiger partial charge in [-0.3, -0.25) is 14.9 Å². The number of ether oxygens (including phenoxy) is 2. The summed E-state index contributed by atoms with van der Waals surface area (Å²) in [7, 11) is 1.29. The van der Waals surface area contributed by atoms with Crippen LogP contribution in [0.3, 0.4) is 0 Å². The van der Waals surface area contributed by atoms with E-state index in [0.29, 0.717) is 11.1 Å². The highest BCUT2D eigenvalue weighted by atomic mass is 35.5. The number of carbonyl (C=O) groups is 2. The summed E-state index contributed by atoms with van der Waals surface area (Å²) in [5.74, 6) is -1.15. The smallest absolute Gasteiger partial charge is 0.337 e. The highest BCUT2D eigenvalue weighted by molar-refractivity contribution is 6.30. The monoisotopic (exact) mass is 391 g/mol. The van der Waals surface area contributed by atoms with Crippen molar-refractivity contribution in [3.05, 3.63) is 68.7 Å². The van der Waals surface area contributed by atoms with E-state index in [0.717, 1.165) is 6.07 Å². The van der Waals surface area contributed by atoms with Gasteiger partial charge in [-0.2, -0.15) is 5.10 Å². The van der Waals surface area contributed by atoms with Crippen LogP contribution in [0.1, 0.15) is 15.9 Å². The molecule has 0 bridgehead atoms. The number of hydrazone groups is 1. The first kappa shape index (κ1) is 19.9. The van der Waals surface area contributed by atoms with E-state index in [2.05, 4.69) is 15.3 Å². The standard InChI is InChI=1S/C17H14ClN3O6/c1-26-17(23)12-4-2-11(3-5-12)9-19-20-16(22)10-27-15-7-6-13(18)8-14(15)21(24)25/h2-9H,10H2,1H3,(H,20,22). The van der Waals surface area contributed by atoms with Crippen LogP contribution in [-0.4, -0.2) is 36.7 Å². The van der Waals surface area contributed by atoms with Crippen LogP contribution < -0.4 is 10.2 Å². The van der Waals surface area contributed by atoms with Crippen LogP contribution in [0.2, 0.25) is 5.02 Å². The molecule has 2 aromatic carbocycles. The maximum Gasteiger partial charge on any atom is 0.337 e. The molecule has 0 aliphatic heterocycles. The number of nitro benzene ring substituents is 1. The van der Waals surface area contributed by atoms with Gasteiger partial charge in [0, 0.05) is 11.1 Å². The summed E-state index contributed by atoms with van der Waals surface area (Å²) in [5.41, 5.74) is 2.91. The Bertz CT molecular complexity index is 883. The zero-order valence-electron chi connectivity index (χ0n) is 14.0. The molecule has 0 saturated carbocycles. The number of nitrogens with one attached hydrogen (secondary N) is 1. The van der Waals surface area contributed by atoms with Gasteiger partial charge in [0.2, 0.25) is 0 Å². The van der Waals surface area contributed by atoms with Gasteiger partial charge in [-0.15, -0.1) is 0 Å². The van der Waals surface area contributed by atoms with Gasteiger partial charge >= 0.3 is 11.7 Å². The maximum atomic E-state index is 11.7. The average Bonchev–Trinajstić information content (AvgIpc) is 2.66.